The van der Waals surface area contributed by atoms with Crippen molar-refractivity contribution in [2.75, 3.05) is 7.11 Å². The van der Waals surface area contributed by atoms with Gasteiger partial charge in [0.1, 0.15) is 11.5 Å². The van der Waals surface area contributed by atoms with Crippen molar-refractivity contribution < 1.29 is 9.84 Å². The highest BCUT2D eigenvalue weighted by atomic mass is 32.1. The summed E-state index contributed by atoms with van der Waals surface area (Å²) in [5.74, 6) is 1.11. The average Bonchev–Trinajstić information content (AvgIpc) is 3.13. The minimum absolute atomic E-state index is 0.303. The molecule has 1 aromatic heterocycles. The van der Waals surface area contributed by atoms with Gasteiger partial charge in [0.2, 0.25) is 0 Å². The van der Waals surface area contributed by atoms with Gasteiger partial charge in [-0.25, -0.2) is 0 Å². The Labute approximate surface area is 144 Å². The highest BCUT2D eigenvalue weighted by Crippen LogP contribution is 2.51. The number of hydrogen-bond acceptors (Lipinski definition) is 3. The number of thiophene rings is 1. The van der Waals surface area contributed by atoms with Gasteiger partial charge in [-0.3, -0.25) is 0 Å². The van der Waals surface area contributed by atoms with Crippen LogP contribution in [0.5, 0.6) is 11.5 Å². The Bertz CT molecular complexity index is 989. The lowest BCUT2D eigenvalue weighted by atomic mass is 9.91. The Morgan fingerprint density at radius 1 is 0.792 bits per heavy atom. The number of phenolic OH excluding ortho intramolecular Hbond substituents is 1. The summed E-state index contributed by atoms with van der Waals surface area (Å²) < 4.78 is 6.75. The molecule has 118 valence electrons. The van der Waals surface area contributed by atoms with Crippen LogP contribution in [0.4, 0.5) is 0 Å². The van der Waals surface area contributed by atoms with E-state index in [4.69, 9.17) is 4.74 Å². The zero-order valence-corrected chi connectivity index (χ0v) is 14.0. The number of benzene rings is 3. The predicted octanol–water partition coefficient (Wildman–Crippen LogP) is 5.95. The van der Waals surface area contributed by atoms with Crippen LogP contribution in [0, 0.1) is 0 Å². The van der Waals surface area contributed by atoms with E-state index >= 15 is 0 Å². The molecule has 0 amide bonds. The molecule has 0 spiro atoms. The van der Waals surface area contributed by atoms with Crippen LogP contribution in [0.2, 0.25) is 0 Å². The molecule has 1 N–H and O–H groups in total. The van der Waals surface area contributed by atoms with Crippen molar-refractivity contribution in [3.63, 3.8) is 0 Å². The van der Waals surface area contributed by atoms with E-state index in [1.54, 1.807) is 18.4 Å². The molecule has 0 bridgehead atoms. The summed E-state index contributed by atoms with van der Waals surface area (Å²) in [6, 6.07) is 22.0. The number of ether oxygens (including phenoxy) is 1. The minimum atomic E-state index is 0.303. The Balaban J connectivity index is 2.18. The average molecular weight is 332 g/mol. The highest BCUT2D eigenvalue weighted by Gasteiger charge is 2.22. The lowest BCUT2D eigenvalue weighted by molar-refractivity contribution is 0.421. The van der Waals surface area contributed by atoms with Crippen LogP contribution >= 0.6 is 11.3 Å². The van der Waals surface area contributed by atoms with Gasteiger partial charge in [-0.15, -0.1) is 11.3 Å². The summed E-state index contributed by atoms with van der Waals surface area (Å²) in [6.07, 6.45) is 0. The second kappa shape index (κ2) is 6.02. The number of methoxy groups -OCH3 is 1. The first-order valence-electron chi connectivity index (χ1n) is 7.72. The molecule has 3 heteroatoms. The number of aromatic hydroxyl groups is 1. The third-order valence-electron chi connectivity index (χ3n) is 4.17. The number of hydrogen-bond donors (Lipinski definition) is 1. The van der Waals surface area contributed by atoms with Crippen molar-refractivity contribution in [1.82, 2.24) is 0 Å². The number of rotatable bonds is 3. The molecule has 1 heterocycles. The maximum atomic E-state index is 11.0. The van der Waals surface area contributed by atoms with Crippen LogP contribution < -0.4 is 4.74 Å². The fourth-order valence-corrected chi connectivity index (χ4v) is 4.04. The van der Waals surface area contributed by atoms with Crippen molar-refractivity contribution in [3.05, 3.63) is 72.1 Å². The van der Waals surface area contributed by atoms with Crippen molar-refractivity contribution in [3.8, 4) is 33.8 Å². The van der Waals surface area contributed by atoms with Crippen LogP contribution in [0.15, 0.2) is 72.1 Å². The van der Waals surface area contributed by atoms with E-state index < -0.39 is 0 Å². The van der Waals surface area contributed by atoms with Crippen LogP contribution in [0.1, 0.15) is 0 Å². The zero-order valence-electron chi connectivity index (χ0n) is 13.2. The molecule has 4 rings (SSSR count). The van der Waals surface area contributed by atoms with E-state index in [2.05, 4.69) is 0 Å². The second-order valence-electron chi connectivity index (χ2n) is 5.53. The summed E-state index contributed by atoms with van der Waals surface area (Å²) >= 11 is 1.58. The largest absolute Gasteiger partial charge is 0.507 e. The highest BCUT2D eigenvalue weighted by molar-refractivity contribution is 7.17. The Kier molecular flexibility index (Phi) is 3.71. The fourth-order valence-electron chi connectivity index (χ4n) is 3.11. The molecule has 24 heavy (non-hydrogen) atoms. The standard InChI is InChI=1S/C21H16O2S/c1-23-20-18(15-10-6-3-7-11-15)17(14-8-4-2-5-9-14)19(22)16-12-13-24-21(16)20/h2-13,22H,1H3. The van der Waals surface area contributed by atoms with Crippen LogP contribution in [0.25, 0.3) is 32.3 Å². The topological polar surface area (TPSA) is 29.5 Å². The molecular weight excluding hydrogens is 316 g/mol. The Morgan fingerprint density at radius 3 is 1.96 bits per heavy atom. The summed E-state index contributed by atoms with van der Waals surface area (Å²) in [7, 11) is 1.69. The zero-order chi connectivity index (χ0) is 16.5. The molecule has 2 nitrogen and oxygen atoms in total. The first-order chi connectivity index (χ1) is 11.8. The van der Waals surface area contributed by atoms with Gasteiger partial charge in [-0.05, 0) is 22.6 Å². The molecular formula is C21H16O2S. The lowest BCUT2D eigenvalue weighted by Gasteiger charge is -2.18. The SMILES string of the molecule is COc1c(-c2ccccc2)c(-c2ccccc2)c(O)c2ccsc12. The van der Waals surface area contributed by atoms with E-state index in [1.165, 1.54) is 0 Å². The summed E-state index contributed by atoms with van der Waals surface area (Å²) in [5.41, 5.74) is 3.74. The molecule has 0 fully saturated rings. The number of fused-ring (bicyclic) bond motifs is 1. The second-order valence-corrected chi connectivity index (χ2v) is 6.44. The van der Waals surface area contributed by atoms with Gasteiger partial charge in [0.25, 0.3) is 0 Å². The van der Waals surface area contributed by atoms with Gasteiger partial charge in [0.15, 0.2) is 0 Å². The van der Waals surface area contributed by atoms with Gasteiger partial charge in [0, 0.05) is 16.5 Å². The molecule has 4 aromatic rings. The van der Waals surface area contributed by atoms with Crippen molar-refractivity contribution in [2.24, 2.45) is 0 Å². The van der Waals surface area contributed by atoms with E-state index in [0.717, 1.165) is 38.1 Å². The first kappa shape index (κ1) is 14.8. The van der Waals surface area contributed by atoms with Crippen LogP contribution in [-0.4, -0.2) is 12.2 Å². The molecule has 0 unspecified atom stereocenters. The van der Waals surface area contributed by atoms with Gasteiger partial charge in [0.05, 0.1) is 11.8 Å². The van der Waals surface area contributed by atoms with Gasteiger partial charge in [-0.2, -0.15) is 0 Å². The molecule has 0 radical (unpaired) electrons. The Hall–Kier alpha value is -2.78. The van der Waals surface area contributed by atoms with Gasteiger partial charge < -0.3 is 9.84 Å². The normalized spacial score (nSPS) is 10.9. The van der Waals surface area contributed by atoms with Crippen molar-refractivity contribution in [2.45, 2.75) is 0 Å². The quantitative estimate of drug-likeness (QED) is 0.502. The maximum Gasteiger partial charge on any atom is 0.145 e. The summed E-state index contributed by atoms with van der Waals surface area (Å²) in [6.45, 7) is 0. The summed E-state index contributed by atoms with van der Waals surface area (Å²) in [4.78, 5) is 0. The minimum Gasteiger partial charge on any atom is -0.507 e. The molecule has 0 saturated heterocycles. The van der Waals surface area contributed by atoms with Crippen LogP contribution in [0.3, 0.4) is 0 Å². The van der Waals surface area contributed by atoms with Gasteiger partial charge >= 0.3 is 0 Å². The third kappa shape index (κ3) is 2.25. The molecule has 0 saturated carbocycles. The van der Waals surface area contributed by atoms with E-state index in [9.17, 15) is 5.11 Å². The van der Waals surface area contributed by atoms with E-state index in [0.29, 0.717) is 5.75 Å². The summed E-state index contributed by atoms with van der Waals surface area (Å²) in [5, 5.41) is 13.8. The smallest absolute Gasteiger partial charge is 0.145 e. The van der Waals surface area contributed by atoms with Gasteiger partial charge in [-0.1, -0.05) is 60.7 Å². The molecule has 3 aromatic carbocycles. The molecule has 0 aliphatic rings. The molecule has 0 atom stereocenters. The first-order valence-corrected chi connectivity index (χ1v) is 8.60. The van der Waals surface area contributed by atoms with Crippen molar-refractivity contribution >= 4 is 21.4 Å². The molecule has 0 aliphatic heterocycles. The Morgan fingerprint density at radius 2 is 1.38 bits per heavy atom. The monoisotopic (exact) mass is 332 g/mol. The molecule has 0 aliphatic carbocycles. The van der Waals surface area contributed by atoms with Crippen LogP contribution in [-0.2, 0) is 0 Å². The fraction of sp³-hybridized carbons (Fsp3) is 0.0476. The van der Waals surface area contributed by atoms with Crippen molar-refractivity contribution in [1.29, 1.82) is 0 Å². The van der Waals surface area contributed by atoms with E-state index in [1.807, 2.05) is 72.1 Å². The van der Waals surface area contributed by atoms with E-state index in [-0.39, 0.29) is 0 Å². The maximum absolute atomic E-state index is 11.0. The predicted molar refractivity (Wildman–Crippen MR) is 101 cm³/mol. The lowest BCUT2D eigenvalue weighted by Crippen LogP contribution is -1.93. The number of phenols is 1. The third-order valence-corrected chi connectivity index (χ3v) is 5.08.